The van der Waals surface area contributed by atoms with Gasteiger partial charge in [-0.2, -0.15) is 0 Å². The molecule has 0 atom stereocenters. The van der Waals surface area contributed by atoms with Gasteiger partial charge in [-0.25, -0.2) is 0 Å². The smallest absolute Gasteiger partial charge is 0.0367 e. The number of aryl methyl sites for hydroxylation is 1. The van der Waals surface area contributed by atoms with Crippen LogP contribution in [0, 0.1) is 6.92 Å². The van der Waals surface area contributed by atoms with Crippen LogP contribution in [0.3, 0.4) is 0 Å². The Bertz CT molecular complexity index is 243. The van der Waals surface area contributed by atoms with E-state index in [1.807, 2.05) is 19.1 Å². The molecule has 60 valence electrons. The van der Waals surface area contributed by atoms with Crippen LogP contribution in [0.4, 0.5) is 11.4 Å². The molecule has 0 unspecified atom stereocenters. The largest absolute Gasteiger partial charge is 0.398 e. The van der Waals surface area contributed by atoms with Crippen molar-refractivity contribution in [2.45, 2.75) is 20.3 Å². The van der Waals surface area contributed by atoms with Gasteiger partial charge in [0.1, 0.15) is 0 Å². The molecular weight excluding hydrogens is 136 g/mol. The summed E-state index contributed by atoms with van der Waals surface area (Å²) in [6.45, 7) is 4.02. The number of nitrogens with two attached hydrogens (primary N) is 2. The Kier molecular flexibility index (Phi) is 2.03. The number of nitrogen functional groups attached to an aromatic ring is 2. The van der Waals surface area contributed by atoms with Crippen LogP contribution >= 0.6 is 0 Å². The molecule has 0 spiro atoms. The summed E-state index contributed by atoms with van der Waals surface area (Å²) < 4.78 is 0. The van der Waals surface area contributed by atoms with E-state index in [0.717, 1.165) is 23.4 Å². The van der Waals surface area contributed by atoms with Gasteiger partial charge in [0, 0.05) is 11.4 Å². The molecule has 1 aromatic carbocycles. The first kappa shape index (κ1) is 7.92. The minimum absolute atomic E-state index is 0.793. The van der Waals surface area contributed by atoms with E-state index < -0.39 is 0 Å². The molecule has 0 heterocycles. The SMILES string of the molecule is CCc1cc(N)c(C)c(N)c1. The Morgan fingerprint density at radius 1 is 1.18 bits per heavy atom. The van der Waals surface area contributed by atoms with Crippen molar-refractivity contribution >= 4 is 11.4 Å². The summed E-state index contributed by atoms with van der Waals surface area (Å²) in [5.74, 6) is 0. The van der Waals surface area contributed by atoms with Crippen molar-refractivity contribution < 1.29 is 0 Å². The fourth-order valence-electron chi connectivity index (χ4n) is 1.03. The van der Waals surface area contributed by atoms with Crippen LogP contribution in [0.25, 0.3) is 0 Å². The first-order valence-corrected chi connectivity index (χ1v) is 3.79. The van der Waals surface area contributed by atoms with Crippen LogP contribution < -0.4 is 11.5 Å². The monoisotopic (exact) mass is 150 g/mol. The van der Waals surface area contributed by atoms with Gasteiger partial charge >= 0.3 is 0 Å². The van der Waals surface area contributed by atoms with Gasteiger partial charge in [0.25, 0.3) is 0 Å². The fourth-order valence-corrected chi connectivity index (χ4v) is 1.03. The second kappa shape index (κ2) is 2.82. The molecule has 2 nitrogen and oxygen atoms in total. The standard InChI is InChI=1S/C9H14N2/c1-3-7-4-8(10)6(2)9(11)5-7/h4-5H,3,10-11H2,1-2H3. The fraction of sp³-hybridized carbons (Fsp3) is 0.333. The molecule has 0 radical (unpaired) electrons. The summed E-state index contributed by atoms with van der Waals surface area (Å²) >= 11 is 0. The molecule has 0 aliphatic carbocycles. The molecule has 0 bridgehead atoms. The molecule has 1 rings (SSSR count). The molecule has 0 aromatic heterocycles. The summed E-state index contributed by atoms with van der Waals surface area (Å²) in [5.41, 5.74) is 15.2. The number of hydrogen-bond acceptors (Lipinski definition) is 2. The van der Waals surface area contributed by atoms with Gasteiger partial charge in [-0.05, 0) is 36.6 Å². The highest BCUT2D eigenvalue weighted by molar-refractivity contribution is 5.62. The van der Waals surface area contributed by atoms with Crippen molar-refractivity contribution in [2.24, 2.45) is 0 Å². The van der Waals surface area contributed by atoms with Gasteiger partial charge in [-0.3, -0.25) is 0 Å². The minimum atomic E-state index is 0.793. The van der Waals surface area contributed by atoms with Crippen LogP contribution in [0.2, 0.25) is 0 Å². The van der Waals surface area contributed by atoms with Crippen LogP contribution in [0.5, 0.6) is 0 Å². The van der Waals surface area contributed by atoms with Gasteiger partial charge < -0.3 is 11.5 Å². The highest BCUT2D eigenvalue weighted by Gasteiger charge is 1.99. The molecule has 0 aliphatic heterocycles. The lowest BCUT2D eigenvalue weighted by Crippen LogP contribution is -1.97. The van der Waals surface area contributed by atoms with E-state index >= 15 is 0 Å². The summed E-state index contributed by atoms with van der Waals surface area (Å²) in [5, 5.41) is 0. The van der Waals surface area contributed by atoms with E-state index in [1.165, 1.54) is 5.56 Å². The molecule has 11 heavy (non-hydrogen) atoms. The first-order chi connectivity index (χ1) is 5.15. The second-order valence-corrected chi connectivity index (χ2v) is 2.75. The molecule has 1 aromatic rings. The Morgan fingerprint density at radius 3 is 2.00 bits per heavy atom. The lowest BCUT2D eigenvalue weighted by atomic mass is 10.1. The van der Waals surface area contributed by atoms with Crippen molar-refractivity contribution in [2.75, 3.05) is 11.5 Å². The Labute approximate surface area is 67.2 Å². The van der Waals surface area contributed by atoms with Gasteiger partial charge in [0.05, 0.1) is 0 Å². The van der Waals surface area contributed by atoms with Crippen molar-refractivity contribution in [1.82, 2.24) is 0 Å². The maximum absolute atomic E-state index is 5.72. The number of benzene rings is 1. The zero-order valence-corrected chi connectivity index (χ0v) is 7.02. The maximum Gasteiger partial charge on any atom is 0.0367 e. The third-order valence-electron chi connectivity index (χ3n) is 1.96. The molecule has 0 fully saturated rings. The van der Waals surface area contributed by atoms with Gasteiger partial charge in [-0.15, -0.1) is 0 Å². The normalized spacial score (nSPS) is 10.0. The molecule has 2 heteroatoms. The highest BCUT2D eigenvalue weighted by Crippen LogP contribution is 2.20. The van der Waals surface area contributed by atoms with E-state index in [9.17, 15) is 0 Å². The highest BCUT2D eigenvalue weighted by atomic mass is 14.6. The van der Waals surface area contributed by atoms with Crippen LogP contribution in [-0.2, 0) is 6.42 Å². The third kappa shape index (κ3) is 1.45. The molecule has 0 aliphatic rings. The van der Waals surface area contributed by atoms with E-state index in [-0.39, 0.29) is 0 Å². The lowest BCUT2D eigenvalue weighted by Gasteiger charge is -2.06. The Balaban J connectivity index is 3.21. The zero-order valence-electron chi connectivity index (χ0n) is 7.02. The number of rotatable bonds is 1. The van der Waals surface area contributed by atoms with Crippen molar-refractivity contribution in [3.05, 3.63) is 23.3 Å². The van der Waals surface area contributed by atoms with Crippen LogP contribution in [-0.4, -0.2) is 0 Å². The summed E-state index contributed by atoms with van der Waals surface area (Å²) in [6, 6.07) is 3.96. The lowest BCUT2D eigenvalue weighted by molar-refractivity contribution is 1.14. The molecule has 0 saturated heterocycles. The summed E-state index contributed by atoms with van der Waals surface area (Å²) in [6.07, 6.45) is 0.981. The first-order valence-electron chi connectivity index (χ1n) is 3.79. The van der Waals surface area contributed by atoms with E-state index in [1.54, 1.807) is 0 Å². The quantitative estimate of drug-likeness (QED) is 0.599. The average Bonchev–Trinajstić information content (AvgIpc) is 1.99. The van der Waals surface area contributed by atoms with Gasteiger partial charge in [-0.1, -0.05) is 6.92 Å². The molecule has 0 amide bonds. The third-order valence-corrected chi connectivity index (χ3v) is 1.96. The topological polar surface area (TPSA) is 52.0 Å². The number of anilines is 2. The summed E-state index contributed by atoms with van der Waals surface area (Å²) in [7, 11) is 0. The molecular formula is C9H14N2. The average molecular weight is 150 g/mol. The second-order valence-electron chi connectivity index (χ2n) is 2.75. The molecule has 0 saturated carbocycles. The van der Waals surface area contributed by atoms with Gasteiger partial charge in [0.15, 0.2) is 0 Å². The van der Waals surface area contributed by atoms with E-state index in [4.69, 9.17) is 11.5 Å². The zero-order chi connectivity index (χ0) is 8.43. The predicted molar refractivity (Wildman–Crippen MR) is 49.4 cm³/mol. The van der Waals surface area contributed by atoms with E-state index in [2.05, 4.69) is 6.92 Å². The Hall–Kier alpha value is -1.18. The Morgan fingerprint density at radius 2 is 1.64 bits per heavy atom. The number of hydrogen-bond donors (Lipinski definition) is 2. The summed E-state index contributed by atoms with van der Waals surface area (Å²) in [4.78, 5) is 0. The van der Waals surface area contributed by atoms with Crippen LogP contribution in [0.1, 0.15) is 18.1 Å². The van der Waals surface area contributed by atoms with Crippen molar-refractivity contribution in [3.63, 3.8) is 0 Å². The minimum Gasteiger partial charge on any atom is -0.398 e. The van der Waals surface area contributed by atoms with Gasteiger partial charge in [0.2, 0.25) is 0 Å². The predicted octanol–water partition coefficient (Wildman–Crippen LogP) is 1.72. The van der Waals surface area contributed by atoms with Crippen molar-refractivity contribution in [1.29, 1.82) is 0 Å². The molecule has 4 N–H and O–H groups in total. The van der Waals surface area contributed by atoms with Crippen LogP contribution in [0.15, 0.2) is 12.1 Å². The maximum atomic E-state index is 5.72. The van der Waals surface area contributed by atoms with E-state index in [0.29, 0.717) is 0 Å². The van der Waals surface area contributed by atoms with Crippen molar-refractivity contribution in [3.8, 4) is 0 Å².